The number of nitrogens with zero attached hydrogens (tertiary/aromatic N) is 2. The molecule has 0 saturated heterocycles. The van der Waals surface area contributed by atoms with Gasteiger partial charge in [-0.2, -0.15) is 0 Å². The maximum absolute atomic E-state index is 12.6. The normalized spacial score (nSPS) is 11.1. The van der Waals surface area contributed by atoms with Gasteiger partial charge in [-0.05, 0) is 40.6 Å². The molecule has 3 aromatic carbocycles. The molecule has 5 aromatic rings. The molecular weight excluding hydrogens is 350 g/mol. The number of hydrogen-bond donors (Lipinski definition) is 1. The van der Waals surface area contributed by atoms with Crippen LogP contribution in [0.5, 0.6) is 0 Å². The van der Waals surface area contributed by atoms with Crippen LogP contribution in [-0.4, -0.2) is 15.5 Å². The fourth-order valence-corrected chi connectivity index (χ4v) is 3.37. The zero-order valence-corrected chi connectivity index (χ0v) is 15.0. The Balaban J connectivity index is 1.33. The van der Waals surface area contributed by atoms with E-state index in [9.17, 15) is 4.79 Å². The van der Waals surface area contributed by atoms with Crippen molar-refractivity contribution in [3.05, 3.63) is 96.8 Å². The zero-order chi connectivity index (χ0) is 18.9. The van der Waals surface area contributed by atoms with E-state index in [1.165, 1.54) is 0 Å². The van der Waals surface area contributed by atoms with Crippen molar-refractivity contribution >= 4 is 27.6 Å². The number of carbonyl (C=O) groups excluding carboxylic acids is 1. The van der Waals surface area contributed by atoms with Crippen LogP contribution in [-0.2, 0) is 6.54 Å². The van der Waals surface area contributed by atoms with Gasteiger partial charge >= 0.3 is 0 Å². The highest BCUT2D eigenvalue weighted by Crippen LogP contribution is 2.28. The summed E-state index contributed by atoms with van der Waals surface area (Å²) in [7, 11) is 0. The van der Waals surface area contributed by atoms with Crippen LogP contribution in [0, 0.1) is 0 Å². The van der Waals surface area contributed by atoms with Gasteiger partial charge in [0.1, 0.15) is 5.58 Å². The molecule has 0 bridgehead atoms. The largest absolute Gasteiger partial charge is 0.451 e. The third-order valence-corrected chi connectivity index (χ3v) is 4.84. The number of carbonyl (C=O) groups is 1. The predicted octanol–water partition coefficient (Wildman–Crippen LogP) is 4.70. The lowest BCUT2D eigenvalue weighted by molar-refractivity contribution is 0.0925. The lowest BCUT2D eigenvalue weighted by atomic mass is 10.1. The maximum atomic E-state index is 12.6. The quantitative estimate of drug-likeness (QED) is 0.501. The number of aromatic nitrogens is 2. The molecule has 0 radical (unpaired) electrons. The van der Waals surface area contributed by atoms with Crippen molar-refractivity contribution in [3.8, 4) is 5.69 Å². The summed E-state index contributed by atoms with van der Waals surface area (Å²) in [5.74, 6) is 0.0976. The summed E-state index contributed by atoms with van der Waals surface area (Å²) in [6, 6.07) is 21.8. The molecule has 1 amide bonds. The third-order valence-electron chi connectivity index (χ3n) is 4.84. The van der Waals surface area contributed by atoms with Crippen molar-refractivity contribution in [1.82, 2.24) is 14.9 Å². The number of benzene rings is 3. The molecule has 1 N–H and O–H groups in total. The summed E-state index contributed by atoms with van der Waals surface area (Å²) in [5.41, 5.74) is 2.75. The first kappa shape index (κ1) is 16.3. The molecule has 5 rings (SSSR count). The number of amides is 1. The van der Waals surface area contributed by atoms with Crippen LogP contribution in [0.3, 0.4) is 0 Å². The smallest absolute Gasteiger partial charge is 0.287 e. The second kappa shape index (κ2) is 6.70. The number of imidazole rings is 1. The van der Waals surface area contributed by atoms with Crippen molar-refractivity contribution in [2.24, 2.45) is 0 Å². The number of rotatable bonds is 4. The van der Waals surface area contributed by atoms with E-state index in [0.29, 0.717) is 17.9 Å². The van der Waals surface area contributed by atoms with Gasteiger partial charge in [0.2, 0.25) is 0 Å². The molecule has 0 fully saturated rings. The zero-order valence-electron chi connectivity index (χ0n) is 15.0. The Morgan fingerprint density at radius 3 is 2.68 bits per heavy atom. The van der Waals surface area contributed by atoms with E-state index in [0.717, 1.165) is 27.4 Å². The highest BCUT2D eigenvalue weighted by molar-refractivity contribution is 6.08. The Hall–Kier alpha value is -3.86. The molecule has 5 nitrogen and oxygen atoms in total. The van der Waals surface area contributed by atoms with Gasteiger partial charge in [-0.3, -0.25) is 4.79 Å². The van der Waals surface area contributed by atoms with Crippen molar-refractivity contribution in [2.45, 2.75) is 6.54 Å². The molecule has 0 aliphatic carbocycles. The minimum atomic E-state index is -0.223. The van der Waals surface area contributed by atoms with E-state index >= 15 is 0 Å². The standard InChI is InChI=1S/C23H17N3O2/c27-23(25-14-16-5-8-18(9-6-16)26-12-11-24-15-26)22-13-20-19-4-2-1-3-17(19)7-10-21(20)28-22/h1-13,15H,14H2,(H,25,27). The van der Waals surface area contributed by atoms with Crippen LogP contribution in [0.4, 0.5) is 0 Å². The van der Waals surface area contributed by atoms with Gasteiger partial charge in [0.15, 0.2) is 5.76 Å². The predicted molar refractivity (Wildman–Crippen MR) is 108 cm³/mol. The Labute approximate surface area is 161 Å². The van der Waals surface area contributed by atoms with E-state index in [4.69, 9.17) is 4.42 Å². The van der Waals surface area contributed by atoms with E-state index < -0.39 is 0 Å². The monoisotopic (exact) mass is 367 g/mol. The molecule has 5 heteroatoms. The summed E-state index contributed by atoms with van der Waals surface area (Å²) in [5, 5.41) is 6.09. The number of hydrogen-bond acceptors (Lipinski definition) is 3. The molecular formula is C23H17N3O2. The lowest BCUT2D eigenvalue weighted by Gasteiger charge is -2.06. The van der Waals surface area contributed by atoms with Gasteiger partial charge in [0.25, 0.3) is 5.91 Å². The summed E-state index contributed by atoms with van der Waals surface area (Å²) in [4.78, 5) is 16.6. The highest BCUT2D eigenvalue weighted by Gasteiger charge is 2.13. The molecule has 0 aliphatic rings. The van der Waals surface area contributed by atoms with Gasteiger partial charge < -0.3 is 14.3 Å². The number of fused-ring (bicyclic) bond motifs is 3. The van der Waals surface area contributed by atoms with Crippen LogP contribution in [0.1, 0.15) is 16.1 Å². The second-order valence-corrected chi connectivity index (χ2v) is 6.63. The van der Waals surface area contributed by atoms with Crippen molar-refractivity contribution in [1.29, 1.82) is 0 Å². The van der Waals surface area contributed by atoms with E-state index in [1.54, 1.807) is 12.5 Å². The fourth-order valence-electron chi connectivity index (χ4n) is 3.37. The fraction of sp³-hybridized carbons (Fsp3) is 0.0435. The summed E-state index contributed by atoms with van der Waals surface area (Å²) < 4.78 is 7.70. The molecule has 2 heterocycles. The minimum Gasteiger partial charge on any atom is -0.451 e. The molecule has 0 aliphatic heterocycles. The first-order chi connectivity index (χ1) is 13.8. The molecule has 0 atom stereocenters. The van der Waals surface area contributed by atoms with Gasteiger partial charge in [0, 0.05) is 30.0 Å². The minimum absolute atomic E-state index is 0.223. The number of nitrogens with one attached hydrogen (secondary N) is 1. The Morgan fingerprint density at radius 1 is 1.00 bits per heavy atom. The van der Waals surface area contributed by atoms with E-state index in [2.05, 4.69) is 16.4 Å². The van der Waals surface area contributed by atoms with Gasteiger partial charge in [-0.25, -0.2) is 4.98 Å². The van der Waals surface area contributed by atoms with Crippen LogP contribution in [0.2, 0.25) is 0 Å². The number of furan rings is 1. The van der Waals surface area contributed by atoms with Crippen molar-refractivity contribution < 1.29 is 9.21 Å². The third kappa shape index (κ3) is 2.93. The highest BCUT2D eigenvalue weighted by atomic mass is 16.3. The maximum Gasteiger partial charge on any atom is 0.287 e. The van der Waals surface area contributed by atoms with E-state index in [1.807, 2.05) is 71.4 Å². The van der Waals surface area contributed by atoms with E-state index in [-0.39, 0.29) is 5.91 Å². The van der Waals surface area contributed by atoms with Gasteiger partial charge in [-0.1, -0.05) is 42.5 Å². The molecule has 136 valence electrons. The SMILES string of the molecule is O=C(NCc1ccc(-n2ccnc2)cc1)c1cc2c(ccc3ccccc32)o1. The van der Waals surface area contributed by atoms with Crippen molar-refractivity contribution in [3.63, 3.8) is 0 Å². The molecule has 0 spiro atoms. The second-order valence-electron chi connectivity index (χ2n) is 6.63. The Bertz CT molecular complexity index is 1270. The van der Waals surface area contributed by atoms with Crippen LogP contribution < -0.4 is 5.32 Å². The first-order valence-corrected chi connectivity index (χ1v) is 9.05. The van der Waals surface area contributed by atoms with Crippen molar-refractivity contribution in [2.75, 3.05) is 0 Å². The summed E-state index contributed by atoms with van der Waals surface area (Å²) in [6.45, 7) is 0.431. The Kier molecular flexibility index (Phi) is 3.91. The average molecular weight is 367 g/mol. The topological polar surface area (TPSA) is 60.1 Å². The Morgan fingerprint density at radius 2 is 1.86 bits per heavy atom. The summed E-state index contributed by atoms with van der Waals surface area (Å²) in [6.07, 6.45) is 5.38. The lowest BCUT2D eigenvalue weighted by Crippen LogP contribution is -2.22. The average Bonchev–Trinajstić information content (AvgIpc) is 3.42. The van der Waals surface area contributed by atoms with Gasteiger partial charge in [-0.15, -0.1) is 0 Å². The first-order valence-electron chi connectivity index (χ1n) is 9.05. The summed E-state index contributed by atoms with van der Waals surface area (Å²) >= 11 is 0. The van der Waals surface area contributed by atoms with Crippen LogP contribution in [0.25, 0.3) is 27.4 Å². The van der Waals surface area contributed by atoms with Crippen LogP contribution in [0.15, 0.2) is 89.9 Å². The molecule has 0 unspecified atom stereocenters. The van der Waals surface area contributed by atoms with Crippen LogP contribution >= 0.6 is 0 Å². The molecule has 28 heavy (non-hydrogen) atoms. The molecule has 2 aromatic heterocycles. The van der Waals surface area contributed by atoms with Gasteiger partial charge in [0.05, 0.1) is 6.33 Å². The molecule has 0 saturated carbocycles.